The van der Waals surface area contributed by atoms with Crippen molar-refractivity contribution in [1.82, 2.24) is 0 Å². The van der Waals surface area contributed by atoms with E-state index < -0.39 is 17.7 Å². The van der Waals surface area contributed by atoms with Gasteiger partial charge < -0.3 is 24.1 Å². The Morgan fingerprint density at radius 2 is 1.28 bits per heavy atom. The summed E-state index contributed by atoms with van der Waals surface area (Å²) in [6.07, 6.45) is 0.953. The highest BCUT2D eigenvalue weighted by Gasteiger charge is 2.24. The van der Waals surface area contributed by atoms with Crippen molar-refractivity contribution in [3.63, 3.8) is 0 Å². The van der Waals surface area contributed by atoms with Gasteiger partial charge in [0.1, 0.15) is 5.78 Å². The van der Waals surface area contributed by atoms with E-state index in [1.165, 1.54) is 45.5 Å². The van der Waals surface area contributed by atoms with E-state index in [-0.39, 0.29) is 71.1 Å². The van der Waals surface area contributed by atoms with Crippen molar-refractivity contribution in [3.8, 4) is 23.0 Å². The number of hydrogen-bond acceptors (Lipinski definition) is 10. The number of carboxylic acids is 1. The largest absolute Gasteiger partial charge is 0.493 e. The summed E-state index contributed by atoms with van der Waals surface area (Å²) in [4.78, 5) is 48.8. The number of carboxylic acid groups (broad SMARTS) is 1. The minimum absolute atomic E-state index is 0.0456. The number of ketones is 3. The molecule has 46 heavy (non-hydrogen) atoms. The van der Waals surface area contributed by atoms with Crippen LogP contribution >= 0.6 is 34.3 Å². The second-order valence-electron chi connectivity index (χ2n) is 10.9. The molecule has 2 aromatic heterocycles. The third-order valence-corrected chi connectivity index (χ3v) is 10.1. The van der Waals surface area contributed by atoms with E-state index in [0.29, 0.717) is 44.3 Å². The summed E-state index contributed by atoms with van der Waals surface area (Å²) in [5, 5.41) is 10.3. The maximum Gasteiger partial charge on any atom is 0.306 e. The predicted octanol–water partition coefficient (Wildman–Crippen LogP) is 8.26. The molecular formula is C33H34ClFO9S2. The zero-order valence-electron chi connectivity index (χ0n) is 26.0. The Morgan fingerprint density at radius 3 is 1.80 bits per heavy atom. The highest BCUT2D eigenvalue weighted by Crippen LogP contribution is 2.45. The second-order valence-corrected chi connectivity index (χ2v) is 13.4. The molecule has 2 atom stereocenters. The van der Waals surface area contributed by atoms with Crippen molar-refractivity contribution < 1.29 is 47.6 Å². The predicted molar refractivity (Wildman–Crippen MR) is 176 cm³/mol. The number of unbranched alkanes of at least 4 members (excludes halogenated alkanes) is 1. The first-order chi connectivity index (χ1) is 21.9. The fraction of sp³-hybridized carbons (Fsp3) is 0.394. The summed E-state index contributed by atoms with van der Waals surface area (Å²) in [6.45, 7) is 5.03. The van der Waals surface area contributed by atoms with Gasteiger partial charge in [-0.2, -0.15) is 0 Å². The van der Waals surface area contributed by atoms with Gasteiger partial charge in [-0.25, -0.2) is 4.39 Å². The van der Waals surface area contributed by atoms with Crippen molar-refractivity contribution in [2.45, 2.75) is 46.5 Å². The first-order valence-corrected chi connectivity index (χ1v) is 16.5. The van der Waals surface area contributed by atoms with Gasteiger partial charge in [0.05, 0.1) is 48.1 Å². The van der Waals surface area contributed by atoms with Crippen LogP contribution in [-0.4, -0.2) is 55.9 Å². The third kappa shape index (κ3) is 7.79. The Kier molecular flexibility index (Phi) is 11.6. The molecule has 2 heterocycles. The van der Waals surface area contributed by atoms with Crippen LogP contribution in [0, 0.1) is 17.7 Å². The number of hydrogen-bond donors (Lipinski definition) is 1. The van der Waals surface area contributed by atoms with Gasteiger partial charge in [-0.1, -0.05) is 25.4 Å². The van der Waals surface area contributed by atoms with Crippen LogP contribution in [0.1, 0.15) is 65.8 Å². The lowest BCUT2D eigenvalue weighted by atomic mass is 10.00. The van der Waals surface area contributed by atoms with Gasteiger partial charge in [-0.15, -0.1) is 22.7 Å². The molecule has 0 saturated carbocycles. The molecule has 0 radical (unpaired) electrons. The van der Waals surface area contributed by atoms with Crippen LogP contribution in [0.2, 0.25) is 5.02 Å². The molecule has 0 spiro atoms. The number of Topliss-reactive ketones (excluding diaryl/α,β-unsaturated/α-hetero) is 3. The number of methoxy groups -OCH3 is 2. The Balaban J connectivity index is 1.39. The monoisotopic (exact) mass is 692 g/mol. The summed E-state index contributed by atoms with van der Waals surface area (Å²) >= 11 is 9.04. The molecule has 0 saturated heterocycles. The average molecular weight is 693 g/mol. The van der Waals surface area contributed by atoms with Crippen LogP contribution < -0.4 is 18.9 Å². The number of carbonyl (C=O) groups excluding carboxylic acids is 3. The topological polar surface area (TPSA) is 125 Å². The highest BCUT2D eigenvalue weighted by molar-refractivity contribution is 7.21. The molecule has 1 N–H and O–H groups in total. The summed E-state index contributed by atoms with van der Waals surface area (Å²) in [5.74, 6) is -2.67. The lowest BCUT2D eigenvalue weighted by molar-refractivity contribution is -0.141. The normalized spacial score (nSPS) is 12.6. The van der Waals surface area contributed by atoms with Gasteiger partial charge in [-0.3, -0.25) is 19.2 Å². The van der Waals surface area contributed by atoms with Crippen molar-refractivity contribution in [2.75, 3.05) is 27.4 Å². The van der Waals surface area contributed by atoms with E-state index in [9.17, 15) is 19.2 Å². The van der Waals surface area contributed by atoms with E-state index >= 15 is 4.39 Å². The van der Waals surface area contributed by atoms with E-state index in [2.05, 4.69) is 0 Å². The van der Waals surface area contributed by atoms with Crippen LogP contribution in [0.3, 0.4) is 0 Å². The molecule has 0 fully saturated rings. The number of aliphatic carboxylic acids is 1. The Morgan fingerprint density at radius 1 is 0.804 bits per heavy atom. The van der Waals surface area contributed by atoms with Crippen molar-refractivity contribution in [2.24, 2.45) is 11.8 Å². The maximum absolute atomic E-state index is 15.5. The molecule has 0 aliphatic rings. The third-order valence-electron chi connectivity index (χ3n) is 7.48. The zero-order chi connectivity index (χ0) is 33.7. The fourth-order valence-electron chi connectivity index (χ4n) is 4.59. The molecule has 2 aromatic carbocycles. The maximum atomic E-state index is 15.5. The van der Waals surface area contributed by atoms with E-state index in [4.69, 9.17) is 35.7 Å². The van der Waals surface area contributed by atoms with Gasteiger partial charge in [0.15, 0.2) is 40.4 Å². The smallest absolute Gasteiger partial charge is 0.306 e. The van der Waals surface area contributed by atoms with Crippen molar-refractivity contribution in [1.29, 1.82) is 0 Å². The van der Waals surface area contributed by atoms with Gasteiger partial charge in [0.2, 0.25) is 0 Å². The first kappa shape index (κ1) is 35.1. The zero-order valence-corrected chi connectivity index (χ0v) is 28.4. The molecule has 0 unspecified atom stereocenters. The van der Waals surface area contributed by atoms with Crippen LogP contribution in [-0.2, 0) is 9.59 Å². The molecule has 0 bridgehead atoms. The van der Waals surface area contributed by atoms with Gasteiger partial charge in [-0.05, 0) is 31.9 Å². The van der Waals surface area contributed by atoms with Crippen molar-refractivity contribution >= 4 is 77.8 Å². The van der Waals surface area contributed by atoms with Gasteiger partial charge >= 0.3 is 5.97 Å². The number of ether oxygens (including phenoxy) is 4. The quantitative estimate of drug-likeness (QED) is 0.0860. The molecular weight excluding hydrogens is 659 g/mol. The van der Waals surface area contributed by atoms with E-state index in [0.717, 1.165) is 16.0 Å². The lowest BCUT2D eigenvalue weighted by Crippen LogP contribution is -2.13. The number of thiophene rings is 2. The van der Waals surface area contributed by atoms with Crippen LogP contribution in [0.15, 0.2) is 24.3 Å². The second kappa shape index (κ2) is 15.2. The summed E-state index contributed by atoms with van der Waals surface area (Å²) in [6, 6.07) is 6.48. The number of carbonyl (C=O) groups is 4. The summed E-state index contributed by atoms with van der Waals surface area (Å²) < 4.78 is 39.3. The molecule has 0 aliphatic carbocycles. The molecule has 9 nitrogen and oxygen atoms in total. The molecule has 13 heteroatoms. The number of fused-ring (bicyclic) bond motifs is 2. The standard InChI is InChI=1S/C33H34ClFO9S2/c1-16(18(3)36)10-21(37)27-12-19-25(45-27)14-23(41-4)31(29(19)34)43-8-6-7-9-44-32-24(42-5)15-26-20(30(32)35)13-28(46-26)22(38)11-17(2)33(39)40/h12-17H,6-11H2,1-5H3,(H,39,40)/t16-,17-/m0/s1. The van der Waals surface area contributed by atoms with Crippen LogP contribution in [0.5, 0.6) is 23.0 Å². The van der Waals surface area contributed by atoms with Crippen LogP contribution in [0.4, 0.5) is 4.39 Å². The molecule has 246 valence electrons. The first-order valence-electron chi connectivity index (χ1n) is 14.5. The molecule has 4 aromatic rings. The van der Waals surface area contributed by atoms with Gasteiger partial charge in [0.25, 0.3) is 0 Å². The van der Waals surface area contributed by atoms with E-state index in [1.807, 2.05) is 0 Å². The molecule has 4 rings (SSSR count). The summed E-state index contributed by atoms with van der Waals surface area (Å²) in [7, 11) is 2.89. The SMILES string of the molecule is COc1cc2sc(C(=O)C[C@H](C)C(=O)O)cc2c(F)c1OCCCCOc1c(OC)cc2sc(C(=O)C[C@H](C)C(C)=O)cc2c1Cl. The number of halogens is 2. The number of rotatable bonds is 17. The van der Waals surface area contributed by atoms with Crippen LogP contribution in [0.25, 0.3) is 20.2 Å². The fourth-order valence-corrected chi connectivity index (χ4v) is 7.03. The Labute approximate surface area is 278 Å². The minimum atomic E-state index is -1.08. The Bertz CT molecular complexity index is 1670. The Hall–Kier alpha value is -3.74. The number of benzene rings is 2. The highest BCUT2D eigenvalue weighted by atomic mass is 35.5. The average Bonchev–Trinajstić information content (AvgIpc) is 3.65. The van der Waals surface area contributed by atoms with Crippen molar-refractivity contribution in [3.05, 3.63) is 44.9 Å². The van der Waals surface area contributed by atoms with Gasteiger partial charge in [0, 0.05) is 51.1 Å². The minimum Gasteiger partial charge on any atom is -0.493 e. The molecule has 0 aliphatic heterocycles. The van der Waals surface area contributed by atoms with E-state index in [1.54, 1.807) is 25.1 Å². The lowest BCUT2D eigenvalue weighted by Gasteiger charge is -2.14. The summed E-state index contributed by atoms with van der Waals surface area (Å²) in [5.41, 5.74) is 0. The molecule has 0 amide bonds.